The van der Waals surface area contributed by atoms with Crippen molar-refractivity contribution in [2.24, 2.45) is 0 Å². The summed E-state index contributed by atoms with van der Waals surface area (Å²) in [5.74, 6) is 0. The van der Waals surface area contributed by atoms with Crippen molar-refractivity contribution >= 4 is 86.2 Å². The molecule has 0 aliphatic carbocycles. The Morgan fingerprint density at radius 2 is 0.712 bits per heavy atom. The Labute approximate surface area is 300 Å². The number of hydrogen-bond acceptors (Lipinski definition) is 0. The molecule has 0 fully saturated rings. The van der Waals surface area contributed by atoms with Gasteiger partial charge in [0.15, 0.2) is 0 Å². The smallest absolute Gasteiger partial charge is 0.000741 e. The molecule has 0 spiro atoms. The molecule has 0 radical (unpaired) electrons. The Bertz CT molecular complexity index is 3350. The van der Waals surface area contributed by atoms with E-state index < -0.39 is 0 Å². The van der Waals surface area contributed by atoms with Crippen molar-refractivity contribution in [3.05, 3.63) is 182 Å². The second-order valence-corrected chi connectivity index (χ2v) is 14.3. The summed E-state index contributed by atoms with van der Waals surface area (Å²) in [5.41, 5.74) is 7.66. The summed E-state index contributed by atoms with van der Waals surface area (Å²) in [6.07, 6.45) is 0. The van der Waals surface area contributed by atoms with Crippen LogP contribution in [0.2, 0.25) is 0 Å². The molecule has 0 aliphatic rings. The van der Waals surface area contributed by atoms with Gasteiger partial charge in [-0.25, -0.2) is 0 Å². The third-order valence-electron chi connectivity index (χ3n) is 11.7. The first-order valence-electron chi connectivity index (χ1n) is 18.2. The molecule has 12 aromatic rings. The molecule has 0 nitrogen and oxygen atoms in total. The van der Waals surface area contributed by atoms with Crippen molar-refractivity contribution in [3.8, 4) is 33.4 Å². The third-order valence-corrected chi connectivity index (χ3v) is 11.7. The van der Waals surface area contributed by atoms with Crippen LogP contribution in [0.1, 0.15) is 0 Å². The summed E-state index contributed by atoms with van der Waals surface area (Å²) in [4.78, 5) is 0. The molecule has 0 atom stereocenters. The van der Waals surface area contributed by atoms with Crippen molar-refractivity contribution in [1.29, 1.82) is 0 Å². The minimum atomic E-state index is 1.25. The molecule has 0 saturated carbocycles. The molecule has 0 amide bonds. The van der Waals surface area contributed by atoms with Gasteiger partial charge in [0.25, 0.3) is 0 Å². The summed E-state index contributed by atoms with van der Waals surface area (Å²) in [5, 5.41) is 21.1. The van der Waals surface area contributed by atoms with Crippen molar-refractivity contribution in [3.63, 3.8) is 0 Å². The largest absolute Gasteiger partial charge is 0.0622 e. The van der Waals surface area contributed by atoms with Gasteiger partial charge in [-0.15, -0.1) is 0 Å². The molecular weight excluding hydrogens is 625 g/mol. The Hall–Kier alpha value is -6.76. The quantitative estimate of drug-likeness (QED) is 0.166. The van der Waals surface area contributed by atoms with Crippen LogP contribution in [0.4, 0.5) is 0 Å². The molecule has 0 aromatic heterocycles. The predicted molar refractivity (Wildman–Crippen MR) is 225 cm³/mol. The Morgan fingerprint density at radius 3 is 1.33 bits per heavy atom. The fraction of sp³-hybridized carbons (Fsp3) is 0. The number of fused-ring (bicyclic) bond motifs is 9. The van der Waals surface area contributed by atoms with Crippen LogP contribution in [0.15, 0.2) is 182 Å². The van der Waals surface area contributed by atoms with Gasteiger partial charge in [0.05, 0.1) is 0 Å². The first kappa shape index (κ1) is 28.0. The molecule has 0 aliphatic heterocycles. The lowest BCUT2D eigenvalue weighted by atomic mass is 9.85. The lowest BCUT2D eigenvalue weighted by Gasteiger charge is -2.17. The van der Waals surface area contributed by atoms with Gasteiger partial charge in [-0.1, -0.05) is 164 Å². The van der Waals surface area contributed by atoms with E-state index in [-0.39, 0.29) is 0 Å². The molecule has 12 rings (SSSR count). The van der Waals surface area contributed by atoms with E-state index in [0.717, 1.165) is 0 Å². The van der Waals surface area contributed by atoms with Crippen LogP contribution in [0.5, 0.6) is 0 Å². The first-order chi connectivity index (χ1) is 25.8. The highest BCUT2D eigenvalue weighted by atomic mass is 14.3. The van der Waals surface area contributed by atoms with Crippen molar-refractivity contribution in [1.82, 2.24) is 0 Å². The third kappa shape index (κ3) is 3.66. The zero-order valence-electron chi connectivity index (χ0n) is 28.3. The molecule has 238 valence electrons. The summed E-state index contributed by atoms with van der Waals surface area (Å²) in [6.45, 7) is 0. The number of hydrogen-bond donors (Lipinski definition) is 0. The van der Waals surface area contributed by atoms with Crippen LogP contribution in [-0.4, -0.2) is 0 Å². The van der Waals surface area contributed by atoms with E-state index in [4.69, 9.17) is 0 Å². The zero-order chi connectivity index (χ0) is 33.9. The van der Waals surface area contributed by atoms with Crippen LogP contribution >= 0.6 is 0 Å². The fourth-order valence-electron chi connectivity index (χ4n) is 9.62. The average molecular weight is 655 g/mol. The summed E-state index contributed by atoms with van der Waals surface area (Å²) < 4.78 is 0. The highest BCUT2D eigenvalue weighted by Gasteiger charge is 2.25. The maximum Gasteiger partial charge on any atom is -0.000741 e. The zero-order valence-corrected chi connectivity index (χ0v) is 28.3. The Balaban J connectivity index is 1.37. The summed E-state index contributed by atoms with van der Waals surface area (Å²) in [7, 11) is 0. The minimum Gasteiger partial charge on any atom is -0.0622 e. The van der Waals surface area contributed by atoms with Gasteiger partial charge in [-0.05, 0) is 138 Å². The van der Waals surface area contributed by atoms with Crippen molar-refractivity contribution < 1.29 is 0 Å². The lowest BCUT2D eigenvalue weighted by molar-refractivity contribution is 1.67. The molecular formula is C52H30. The standard InChI is InChI=1S/C52H30/c1-4-14-31(15-5-1)37-26-27-38-41-29-44-45(30-42(41)43-28-35-20-10-11-23-36(35)49(37)50(38)43)48(34-18-8-3-9-19-34)52-40-25-13-22-32-21-12-24-39(46(32)40)51(52)47(44)33-16-6-2-7-17-33/h1-30H. The maximum atomic E-state index is 2.54. The highest BCUT2D eigenvalue weighted by molar-refractivity contribution is 6.43. The Kier molecular flexibility index (Phi) is 5.59. The topological polar surface area (TPSA) is 0 Å². The van der Waals surface area contributed by atoms with E-state index in [9.17, 15) is 0 Å². The second-order valence-electron chi connectivity index (χ2n) is 14.3. The molecule has 0 bridgehead atoms. The van der Waals surface area contributed by atoms with Crippen LogP contribution in [0.25, 0.3) is 120 Å². The molecule has 0 N–H and O–H groups in total. The van der Waals surface area contributed by atoms with Gasteiger partial charge in [0.1, 0.15) is 0 Å². The first-order valence-corrected chi connectivity index (χ1v) is 18.2. The molecule has 52 heavy (non-hydrogen) atoms. The van der Waals surface area contributed by atoms with Crippen LogP contribution in [0, 0.1) is 0 Å². The van der Waals surface area contributed by atoms with E-state index in [0.29, 0.717) is 0 Å². The van der Waals surface area contributed by atoms with Gasteiger partial charge >= 0.3 is 0 Å². The van der Waals surface area contributed by atoms with Gasteiger partial charge in [0.2, 0.25) is 0 Å². The molecule has 0 heteroatoms. The van der Waals surface area contributed by atoms with Gasteiger partial charge in [-0.2, -0.15) is 0 Å². The summed E-state index contributed by atoms with van der Waals surface area (Å²) in [6, 6.07) is 67.9. The monoisotopic (exact) mass is 654 g/mol. The summed E-state index contributed by atoms with van der Waals surface area (Å²) >= 11 is 0. The second kappa shape index (κ2) is 10.4. The Morgan fingerprint density at radius 1 is 0.212 bits per heavy atom. The van der Waals surface area contributed by atoms with Gasteiger partial charge < -0.3 is 0 Å². The molecule has 0 unspecified atom stereocenters. The van der Waals surface area contributed by atoms with E-state index >= 15 is 0 Å². The van der Waals surface area contributed by atoms with Gasteiger partial charge in [0, 0.05) is 0 Å². The SMILES string of the molecule is c1ccc(-c2c3cc4c(cc3c(-c3ccccc3)c3c5cccc6cccc(c23)c65)c2cc3ccccc3c3c(-c5ccccc5)ccc4c23)cc1. The fourth-order valence-corrected chi connectivity index (χ4v) is 9.62. The molecule has 0 heterocycles. The van der Waals surface area contributed by atoms with Crippen LogP contribution < -0.4 is 0 Å². The normalized spacial score (nSPS) is 12.2. The number of benzene rings is 10. The lowest BCUT2D eigenvalue weighted by Crippen LogP contribution is -1.89. The van der Waals surface area contributed by atoms with Crippen LogP contribution in [0.3, 0.4) is 0 Å². The van der Waals surface area contributed by atoms with E-state index in [1.807, 2.05) is 0 Å². The highest BCUT2D eigenvalue weighted by Crippen LogP contribution is 2.53. The van der Waals surface area contributed by atoms with Gasteiger partial charge in [-0.3, -0.25) is 0 Å². The van der Waals surface area contributed by atoms with E-state index in [1.165, 1.54) is 120 Å². The predicted octanol–water partition coefficient (Wildman–Crippen LogP) is 14.8. The number of rotatable bonds is 3. The molecule has 0 saturated heterocycles. The average Bonchev–Trinajstić information content (AvgIpc) is 3.70. The van der Waals surface area contributed by atoms with Crippen LogP contribution in [-0.2, 0) is 0 Å². The van der Waals surface area contributed by atoms with E-state index in [1.54, 1.807) is 0 Å². The van der Waals surface area contributed by atoms with Crippen molar-refractivity contribution in [2.45, 2.75) is 0 Å². The molecule has 12 aromatic carbocycles. The maximum absolute atomic E-state index is 2.54. The van der Waals surface area contributed by atoms with E-state index in [2.05, 4.69) is 182 Å². The minimum absolute atomic E-state index is 1.25. The van der Waals surface area contributed by atoms with Crippen molar-refractivity contribution in [2.75, 3.05) is 0 Å².